The number of cyclic esters (lactones) is 1. The molecule has 0 aliphatic carbocycles. The maximum atomic E-state index is 13.1. The molecule has 1 N–H and O–H groups in total. The molecule has 1 aliphatic heterocycles. The highest BCUT2D eigenvalue weighted by atomic mass is 32.1. The first-order valence-corrected chi connectivity index (χ1v) is 10.9. The second-order valence-corrected chi connectivity index (χ2v) is 8.12. The number of methoxy groups -OCH3 is 2. The Balaban J connectivity index is 1.69. The maximum absolute atomic E-state index is 13.1. The Kier molecular flexibility index (Phi) is 5.32. The van der Waals surface area contributed by atoms with Crippen LogP contribution in [0.2, 0.25) is 0 Å². The molecule has 1 unspecified atom stereocenters. The van der Waals surface area contributed by atoms with Crippen LogP contribution in [0.25, 0.3) is 16.6 Å². The lowest BCUT2D eigenvalue weighted by Crippen LogP contribution is -2.29. The van der Waals surface area contributed by atoms with Gasteiger partial charge in [-0.15, -0.1) is 0 Å². The molecule has 1 aliphatic rings. The van der Waals surface area contributed by atoms with Gasteiger partial charge >= 0.3 is 5.97 Å². The van der Waals surface area contributed by atoms with Crippen molar-refractivity contribution < 1.29 is 24.1 Å². The SMILES string of the molecule is COc1ccc(CC2=C(c3ccc4nsnc4c3)C(=O)OC2(O)c2ccccc2)cc1OC. The van der Waals surface area contributed by atoms with Gasteiger partial charge in [0.1, 0.15) is 11.0 Å². The van der Waals surface area contributed by atoms with Crippen LogP contribution in [0.4, 0.5) is 0 Å². The van der Waals surface area contributed by atoms with Crippen molar-refractivity contribution in [3.05, 3.63) is 89.0 Å². The first-order chi connectivity index (χ1) is 16.0. The number of esters is 1. The number of nitrogens with zero attached hydrogens (tertiary/aromatic N) is 2. The number of carbonyl (C=O) groups is 1. The van der Waals surface area contributed by atoms with Crippen LogP contribution in [0, 0.1) is 0 Å². The van der Waals surface area contributed by atoms with E-state index in [1.807, 2.05) is 24.3 Å². The molecule has 0 saturated heterocycles. The number of benzene rings is 3. The number of aromatic nitrogens is 2. The highest BCUT2D eigenvalue weighted by Crippen LogP contribution is 2.45. The lowest BCUT2D eigenvalue weighted by atomic mass is 9.88. The molecule has 166 valence electrons. The number of hydrogen-bond acceptors (Lipinski definition) is 8. The van der Waals surface area contributed by atoms with Crippen molar-refractivity contribution in [1.82, 2.24) is 8.75 Å². The quantitative estimate of drug-likeness (QED) is 0.433. The topological polar surface area (TPSA) is 90.8 Å². The van der Waals surface area contributed by atoms with Crippen LogP contribution in [0.3, 0.4) is 0 Å². The van der Waals surface area contributed by atoms with E-state index < -0.39 is 11.8 Å². The first-order valence-electron chi connectivity index (χ1n) is 10.2. The Morgan fingerprint density at radius 1 is 0.939 bits per heavy atom. The minimum atomic E-state index is -1.91. The van der Waals surface area contributed by atoms with E-state index in [-0.39, 0.29) is 6.42 Å². The average Bonchev–Trinajstić information content (AvgIpc) is 3.41. The lowest BCUT2D eigenvalue weighted by Gasteiger charge is -2.25. The Bertz CT molecular complexity index is 1380. The first kappa shape index (κ1) is 21.1. The van der Waals surface area contributed by atoms with Gasteiger partial charge in [0.2, 0.25) is 0 Å². The fourth-order valence-corrected chi connectivity index (χ4v) is 4.59. The molecule has 0 amide bonds. The van der Waals surface area contributed by atoms with Crippen molar-refractivity contribution in [2.24, 2.45) is 0 Å². The highest BCUT2D eigenvalue weighted by Gasteiger charge is 2.48. The summed E-state index contributed by atoms with van der Waals surface area (Å²) in [5, 5.41) is 11.7. The normalized spacial score (nSPS) is 18.0. The van der Waals surface area contributed by atoms with E-state index in [1.54, 1.807) is 56.7 Å². The predicted octanol–water partition coefficient (Wildman–Crippen LogP) is 4.11. The molecule has 0 saturated carbocycles. The predicted molar refractivity (Wildman–Crippen MR) is 124 cm³/mol. The highest BCUT2D eigenvalue weighted by molar-refractivity contribution is 7.00. The van der Waals surface area contributed by atoms with Crippen LogP contribution in [-0.4, -0.2) is 34.0 Å². The number of ether oxygens (including phenoxy) is 3. The van der Waals surface area contributed by atoms with Crippen molar-refractivity contribution in [3.63, 3.8) is 0 Å². The van der Waals surface area contributed by atoms with E-state index >= 15 is 0 Å². The van der Waals surface area contributed by atoms with Gasteiger partial charge in [-0.25, -0.2) is 4.79 Å². The molecule has 4 aromatic rings. The van der Waals surface area contributed by atoms with Gasteiger partial charge in [0.15, 0.2) is 11.5 Å². The molecular formula is C25H20N2O5S. The molecular weight excluding hydrogens is 440 g/mol. The van der Waals surface area contributed by atoms with Crippen LogP contribution in [0.1, 0.15) is 16.7 Å². The number of fused-ring (bicyclic) bond motifs is 1. The minimum Gasteiger partial charge on any atom is -0.493 e. The maximum Gasteiger partial charge on any atom is 0.342 e. The summed E-state index contributed by atoms with van der Waals surface area (Å²) in [4.78, 5) is 13.1. The zero-order chi connectivity index (χ0) is 23.0. The molecule has 1 atom stereocenters. The van der Waals surface area contributed by atoms with Crippen LogP contribution >= 0.6 is 11.7 Å². The minimum absolute atomic E-state index is 0.250. The summed E-state index contributed by atoms with van der Waals surface area (Å²) in [6.07, 6.45) is 0.250. The zero-order valence-corrected chi connectivity index (χ0v) is 18.8. The Hall–Kier alpha value is -3.75. The van der Waals surface area contributed by atoms with Gasteiger partial charge in [-0.05, 0) is 35.4 Å². The van der Waals surface area contributed by atoms with Crippen LogP contribution in [0.15, 0.2) is 72.3 Å². The smallest absolute Gasteiger partial charge is 0.342 e. The second-order valence-electron chi connectivity index (χ2n) is 7.59. The van der Waals surface area contributed by atoms with E-state index in [0.717, 1.165) is 22.8 Å². The van der Waals surface area contributed by atoms with E-state index in [0.29, 0.717) is 39.3 Å². The molecule has 0 fully saturated rings. The summed E-state index contributed by atoms with van der Waals surface area (Å²) < 4.78 is 24.9. The molecule has 1 aromatic heterocycles. The molecule has 33 heavy (non-hydrogen) atoms. The van der Waals surface area contributed by atoms with Gasteiger partial charge in [-0.2, -0.15) is 8.75 Å². The van der Waals surface area contributed by atoms with E-state index in [9.17, 15) is 9.90 Å². The van der Waals surface area contributed by atoms with Crippen molar-refractivity contribution in [2.45, 2.75) is 12.2 Å². The number of carbonyl (C=O) groups excluding carboxylic acids is 1. The molecule has 0 radical (unpaired) electrons. The van der Waals surface area contributed by atoms with Gasteiger partial charge in [0.05, 0.1) is 31.5 Å². The molecule has 8 heteroatoms. The molecule has 2 heterocycles. The van der Waals surface area contributed by atoms with Gasteiger partial charge in [-0.1, -0.05) is 42.5 Å². The second kappa shape index (κ2) is 8.31. The number of rotatable bonds is 6. The van der Waals surface area contributed by atoms with Crippen LogP contribution < -0.4 is 9.47 Å². The Morgan fingerprint density at radius 2 is 1.70 bits per heavy atom. The average molecular weight is 461 g/mol. The molecule has 5 rings (SSSR count). The van der Waals surface area contributed by atoms with E-state index in [4.69, 9.17) is 14.2 Å². The lowest BCUT2D eigenvalue weighted by molar-refractivity contribution is -0.185. The van der Waals surface area contributed by atoms with Crippen LogP contribution in [-0.2, 0) is 21.7 Å². The van der Waals surface area contributed by atoms with Gasteiger partial charge in [-0.3, -0.25) is 0 Å². The molecule has 0 spiro atoms. The number of hydrogen-bond donors (Lipinski definition) is 1. The van der Waals surface area contributed by atoms with Gasteiger partial charge < -0.3 is 19.3 Å². The van der Waals surface area contributed by atoms with E-state index in [1.165, 1.54) is 0 Å². The summed E-state index contributed by atoms with van der Waals surface area (Å²) in [5.74, 6) is -1.36. The van der Waals surface area contributed by atoms with Gasteiger partial charge in [0, 0.05) is 17.6 Å². The fraction of sp³-hybridized carbons (Fsp3) is 0.160. The van der Waals surface area contributed by atoms with Crippen molar-refractivity contribution in [1.29, 1.82) is 0 Å². The summed E-state index contributed by atoms with van der Waals surface area (Å²) in [7, 11) is 3.13. The third kappa shape index (κ3) is 3.63. The van der Waals surface area contributed by atoms with Crippen molar-refractivity contribution in [2.75, 3.05) is 14.2 Å². The molecule has 3 aromatic carbocycles. The zero-order valence-electron chi connectivity index (χ0n) is 17.9. The van der Waals surface area contributed by atoms with Gasteiger partial charge in [0.25, 0.3) is 5.79 Å². The summed E-state index contributed by atoms with van der Waals surface area (Å²) >= 11 is 1.11. The third-order valence-electron chi connectivity index (χ3n) is 5.69. The van der Waals surface area contributed by atoms with Crippen molar-refractivity contribution >= 4 is 34.3 Å². The monoisotopic (exact) mass is 460 g/mol. The van der Waals surface area contributed by atoms with Crippen molar-refractivity contribution in [3.8, 4) is 11.5 Å². The Labute approximate surface area is 194 Å². The third-order valence-corrected chi connectivity index (χ3v) is 6.25. The summed E-state index contributed by atoms with van der Waals surface area (Å²) in [5.41, 5.74) is 4.08. The Morgan fingerprint density at radius 3 is 2.45 bits per heavy atom. The molecule has 0 bridgehead atoms. The number of aliphatic hydroxyl groups is 1. The molecule has 7 nitrogen and oxygen atoms in total. The van der Waals surface area contributed by atoms with E-state index in [2.05, 4.69) is 8.75 Å². The fourth-order valence-electron chi connectivity index (χ4n) is 4.07. The standard InChI is InChI=1S/C25H20N2O5S/c1-30-21-11-8-15(13-22(21)31-2)12-18-23(16-9-10-19-20(14-16)27-33-26-19)24(28)32-25(18,29)17-6-4-3-5-7-17/h3-11,13-14,29H,12H2,1-2H3. The largest absolute Gasteiger partial charge is 0.493 e. The summed E-state index contributed by atoms with van der Waals surface area (Å²) in [6.45, 7) is 0. The summed E-state index contributed by atoms with van der Waals surface area (Å²) in [6, 6.07) is 19.8. The van der Waals surface area contributed by atoms with Crippen LogP contribution in [0.5, 0.6) is 11.5 Å².